The highest BCUT2D eigenvalue weighted by molar-refractivity contribution is 9.09. The predicted molar refractivity (Wildman–Crippen MR) is 63.8 cm³/mol. The Morgan fingerprint density at radius 2 is 1.79 bits per heavy atom. The summed E-state index contributed by atoms with van der Waals surface area (Å²) in [6, 6.07) is 10.7. The molecular formula is C12H16BrN. The molecule has 0 N–H and O–H groups in total. The Morgan fingerprint density at radius 1 is 1.14 bits per heavy atom. The van der Waals surface area contributed by atoms with Gasteiger partial charge >= 0.3 is 0 Å². The van der Waals surface area contributed by atoms with Crippen molar-refractivity contribution in [1.29, 1.82) is 0 Å². The van der Waals surface area contributed by atoms with Crippen molar-refractivity contribution >= 4 is 15.9 Å². The Hall–Kier alpha value is -0.340. The molecule has 76 valence electrons. The maximum atomic E-state index is 3.75. The summed E-state index contributed by atoms with van der Waals surface area (Å²) in [5.74, 6) is 0. The number of hydrogen-bond donors (Lipinski definition) is 0. The Morgan fingerprint density at radius 3 is 2.43 bits per heavy atom. The van der Waals surface area contributed by atoms with Gasteiger partial charge in [0.25, 0.3) is 0 Å². The van der Waals surface area contributed by atoms with Crippen molar-refractivity contribution in [3.8, 4) is 0 Å². The molecule has 1 heterocycles. The van der Waals surface area contributed by atoms with E-state index in [4.69, 9.17) is 0 Å². The number of nitrogens with zero attached hydrogens (tertiary/aromatic N) is 1. The number of benzene rings is 1. The Balaban J connectivity index is 1.92. The molecule has 1 aromatic carbocycles. The molecule has 0 aliphatic carbocycles. The van der Waals surface area contributed by atoms with Crippen LogP contribution in [0.25, 0.3) is 0 Å². The second kappa shape index (κ2) is 4.94. The molecule has 1 nitrogen and oxygen atoms in total. The Bertz CT molecular complexity index is 267. The summed E-state index contributed by atoms with van der Waals surface area (Å²) in [6.07, 6.45) is 2.74. The first-order chi connectivity index (χ1) is 6.86. The van der Waals surface area contributed by atoms with E-state index >= 15 is 0 Å². The van der Waals surface area contributed by atoms with Crippen molar-refractivity contribution in [2.45, 2.75) is 17.7 Å². The van der Waals surface area contributed by atoms with Gasteiger partial charge in [0.2, 0.25) is 0 Å². The molecule has 1 fully saturated rings. The lowest BCUT2D eigenvalue weighted by Crippen LogP contribution is -2.23. The molecule has 1 aliphatic heterocycles. The molecule has 0 radical (unpaired) electrons. The van der Waals surface area contributed by atoms with Crippen LogP contribution < -0.4 is 0 Å². The molecule has 0 amide bonds. The first-order valence-corrected chi connectivity index (χ1v) is 6.19. The van der Waals surface area contributed by atoms with Crippen molar-refractivity contribution in [1.82, 2.24) is 4.90 Å². The fraction of sp³-hybridized carbons (Fsp3) is 0.500. The van der Waals surface area contributed by atoms with E-state index in [1.54, 1.807) is 0 Å². The van der Waals surface area contributed by atoms with Gasteiger partial charge in [-0.05, 0) is 31.5 Å². The predicted octanol–water partition coefficient (Wildman–Crippen LogP) is 3.22. The van der Waals surface area contributed by atoms with Crippen LogP contribution >= 0.6 is 15.9 Å². The van der Waals surface area contributed by atoms with Crippen molar-refractivity contribution in [3.63, 3.8) is 0 Å². The topological polar surface area (TPSA) is 3.24 Å². The van der Waals surface area contributed by atoms with Crippen LogP contribution in [-0.4, -0.2) is 24.5 Å². The van der Waals surface area contributed by atoms with Crippen LogP contribution in [0.2, 0.25) is 0 Å². The third kappa shape index (κ3) is 2.58. The summed E-state index contributed by atoms with van der Waals surface area (Å²) >= 11 is 3.75. The quantitative estimate of drug-likeness (QED) is 0.748. The van der Waals surface area contributed by atoms with Crippen molar-refractivity contribution < 1.29 is 0 Å². The normalized spacial score (nSPS) is 19.8. The second-order valence-corrected chi connectivity index (χ2v) is 4.99. The van der Waals surface area contributed by atoms with Gasteiger partial charge < -0.3 is 4.90 Å². The zero-order valence-electron chi connectivity index (χ0n) is 8.32. The lowest BCUT2D eigenvalue weighted by molar-refractivity contribution is 0.342. The largest absolute Gasteiger partial charge is 0.302 e. The maximum absolute atomic E-state index is 3.75. The van der Waals surface area contributed by atoms with E-state index in [1.807, 2.05) is 0 Å². The molecule has 14 heavy (non-hydrogen) atoms. The monoisotopic (exact) mass is 253 g/mol. The minimum Gasteiger partial charge on any atom is -0.302 e. The Labute approximate surface area is 94.2 Å². The molecule has 0 aromatic heterocycles. The maximum Gasteiger partial charge on any atom is 0.0522 e. The van der Waals surface area contributed by atoms with Crippen LogP contribution in [0.15, 0.2) is 30.3 Å². The summed E-state index contributed by atoms with van der Waals surface area (Å²) in [7, 11) is 0. The van der Waals surface area contributed by atoms with Crippen molar-refractivity contribution in [3.05, 3.63) is 35.9 Å². The van der Waals surface area contributed by atoms with Crippen LogP contribution in [0, 0.1) is 0 Å². The zero-order chi connectivity index (χ0) is 9.80. The fourth-order valence-corrected chi connectivity index (χ4v) is 2.67. The highest BCUT2D eigenvalue weighted by Gasteiger charge is 2.16. The van der Waals surface area contributed by atoms with Gasteiger partial charge in [0.05, 0.1) is 4.83 Å². The van der Waals surface area contributed by atoms with Gasteiger partial charge in [0.1, 0.15) is 0 Å². The lowest BCUT2D eigenvalue weighted by Gasteiger charge is -2.19. The molecule has 1 aromatic rings. The lowest BCUT2D eigenvalue weighted by atomic mass is 10.1. The molecule has 1 aliphatic rings. The van der Waals surface area contributed by atoms with E-state index in [9.17, 15) is 0 Å². The van der Waals surface area contributed by atoms with Gasteiger partial charge in [-0.15, -0.1) is 0 Å². The molecule has 2 rings (SSSR count). The number of alkyl halides is 1. The fourth-order valence-electron chi connectivity index (χ4n) is 1.96. The molecule has 0 spiro atoms. The molecule has 0 saturated carbocycles. The standard InChI is InChI=1S/C12H16BrN/c13-12(10-14-8-4-5-9-14)11-6-2-1-3-7-11/h1-3,6-7,12H,4-5,8-10H2/t12-/m0/s1. The van der Waals surface area contributed by atoms with E-state index in [-0.39, 0.29) is 0 Å². The summed E-state index contributed by atoms with van der Waals surface area (Å²) in [5, 5.41) is 0. The number of halogens is 1. The summed E-state index contributed by atoms with van der Waals surface area (Å²) in [5.41, 5.74) is 1.39. The van der Waals surface area contributed by atoms with Gasteiger partial charge in [-0.1, -0.05) is 46.3 Å². The van der Waals surface area contributed by atoms with Crippen molar-refractivity contribution in [2.24, 2.45) is 0 Å². The van der Waals surface area contributed by atoms with Crippen LogP contribution in [0.5, 0.6) is 0 Å². The van der Waals surface area contributed by atoms with E-state index in [2.05, 4.69) is 51.2 Å². The van der Waals surface area contributed by atoms with E-state index < -0.39 is 0 Å². The first kappa shape index (κ1) is 10.2. The van der Waals surface area contributed by atoms with E-state index in [0.29, 0.717) is 4.83 Å². The smallest absolute Gasteiger partial charge is 0.0522 e. The van der Waals surface area contributed by atoms with Gasteiger partial charge in [-0.3, -0.25) is 0 Å². The zero-order valence-corrected chi connectivity index (χ0v) is 9.91. The first-order valence-electron chi connectivity index (χ1n) is 5.27. The molecule has 0 bridgehead atoms. The second-order valence-electron chi connectivity index (χ2n) is 3.89. The highest BCUT2D eigenvalue weighted by Crippen LogP contribution is 2.24. The summed E-state index contributed by atoms with van der Waals surface area (Å²) in [4.78, 5) is 3.02. The molecule has 1 saturated heterocycles. The van der Waals surface area contributed by atoms with Crippen LogP contribution in [0.4, 0.5) is 0 Å². The summed E-state index contributed by atoms with van der Waals surface area (Å²) < 4.78 is 0. The SMILES string of the molecule is Br[C@@H](CN1CCCC1)c1ccccc1. The molecular weight excluding hydrogens is 238 g/mol. The van der Waals surface area contributed by atoms with Gasteiger partial charge in [-0.25, -0.2) is 0 Å². The average molecular weight is 254 g/mol. The summed E-state index contributed by atoms with van der Waals surface area (Å²) in [6.45, 7) is 3.69. The van der Waals surface area contributed by atoms with E-state index in [0.717, 1.165) is 6.54 Å². The third-order valence-corrected chi connectivity index (χ3v) is 3.60. The minimum absolute atomic E-state index is 0.488. The number of hydrogen-bond acceptors (Lipinski definition) is 1. The number of rotatable bonds is 3. The average Bonchev–Trinajstić information content (AvgIpc) is 2.72. The van der Waals surface area contributed by atoms with Crippen molar-refractivity contribution in [2.75, 3.05) is 19.6 Å². The van der Waals surface area contributed by atoms with Crippen LogP contribution in [0.1, 0.15) is 23.2 Å². The van der Waals surface area contributed by atoms with Gasteiger partial charge in [0.15, 0.2) is 0 Å². The number of likely N-dealkylation sites (tertiary alicyclic amines) is 1. The minimum atomic E-state index is 0.488. The van der Waals surface area contributed by atoms with E-state index in [1.165, 1.54) is 31.5 Å². The van der Waals surface area contributed by atoms with Gasteiger partial charge in [0, 0.05) is 6.54 Å². The highest BCUT2D eigenvalue weighted by atomic mass is 79.9. The molecule has 2 heteroatoms. The van der Waals surface area contributed by atoms with Crippen LogP contribution in [0.3, 0.4) is 0 Å². The Kier molecular flexibility index (Phi) is 3.60. The third-order valence-electron chi connectivity index (χ3n) is 2.78. The molecule has 1 atom stereocenters. The molecule has 0 unspecified atom stereocenters. The van der Waals surface area contributed by atoms with Crippen LogP contribution in [-0.2, 0) is 0 Å². The van der Waals surface area contributed by atoms with Gasteiger partial charge in [-0.2, -0.15) is 0 Å².